The number of benzene rings is 2. The molecule has 0 spiro atoms. The van der Waals surface area contributed by atoms with Crippen molar-refractivity contribution < 1.29 is 42.8 Å². The van der Waals surface area contributed by atoms with Gasteiger partial charge in [-0.1, -0.05) is 0 Å². The zero-order chi connectivity index (χ0) is 23.8. The van der Waals surface area contributed by atoms with E-state index in [0.29, 0.717) is 35.6 Å². The Bertz CT molecular complexity index is 1150. The third-order valence-electron chi connectivity index (χ3n) is 4.35. The van der Waals surface area contributed by atoms with Crippen LogP contribution >= 0.6 is 0 Å². The van der Waals surface area contributed by atoms with E-state index in [1.807, 2.05) is 0 Å². The highest BCUT2D eigenvalue weighted by Crippen LogP contribution is 2.36. The van der Waals surface area contributed by atoms with Crippen LogP contribution in [0.5, 0.6) is 23.1 Å². The van der Waals surface area contributed by atoms with Gasteiger partial charge in [0.15, 0.2) is 11.5 Å². The number of ketones is 1. The van der Waals surface area contributed by atoms with Crippen LogP contribution in [0.3, 0.4) is 0 Å². The van der Waals surface area contributed by atoms with Crippen LogP contribution in [0, 0.1) is 5.82 Å². The second kappa shape index (κ2) is 11.2. The number of carboxylic acid groups (broad SMARTS) is 1. The fraction of sp³-hybridized carbons (Fsp3) is 0.273. The maximum Gasteiger partial charge on any atom is 0.377 e. The molecule has 0 atom stereocenters. The van der Waals surface area contributed by atoms with E-state index in [9.17, 15) is 14.0 Å². The van der Waals surface area contributed by atoms with Gasteiger partial charge in [-0.25, -0.2) is 19.2 Å². The number of fused-ring (bicyclic) bond motifs is 1. The van der Waals surface area contributed by atoms with Gasteiger partial charge in [-0.2, -0.15) is 0 Å². The Morgan fingerprint density at radius 1 is 0.939 bits per heavy atom. The van der Waals surface area contributed by atoms with E-state index in [0.717, 1.165) is 12.1 Å². The average Bonchev–Trinajstić information content (AvgIpc) is 2.79. The fourth-order valence-corrected chi connectivity index (χ4v) is 2.79. The number of hydrogen-bond donors (Lipinski definition) is 1. The number of Topliss-reactive ketones (excluding diaryl/α,β-unsaturated/α-hetero) is 1. The number of halogens is 1. The zero-order valence-corrected chi connectivity index (χ0v) is 17.9. The molecule has 0 saturated carbocycles. The molecular weight excluding hydrogens is 439 g/mol. The highest BCUT2D eigenvalue weighted by molar-refractivity contribution is 6.39. The molecule has 10 nitrogen and oxygen atoms in total. The van der Waals surface area contributed by atoms with Crippen molar-refractivity contribution in [3.05, 3.63) is 48.0 Å². The molecule has 0 saturated heterocycles. The predicted molar refractivity (Wildman–Crippen MR) is 113 cm³/mol. The largest absolute Gasteiger partial charge is 0.487 e. The van der Waals surface area contributed by atoms with Crippen LogP contribution in [0.25, 0.3) is 10.9 Å². The summed E-state index contributed by atoms with van der Waals surface area (Å²) in [6.07, 6.45) is 1.26. The molecule has 1 aromatic heterocycles. The first-order valence-electron chi connectivity index (χ1n) is 9.71. The van der Waals surface area contributed by atoms with E-state index in [-0.39, 0.29) is 24.8 Å². The molecule has 3 aromatic rings. The standard InChI is InChI=1S/C22H21FN2O8/c1-29-5-7-31-18-10-15-17(11-19(18)32-8-6-30-2)24-12-25-21(15)33-13-3-4-14(16(23)9-13)20(26)22(27)28/h3-4,9-12H,5-8H2,1-2H3,(H,27,28). The normalized spacial score (nSPS) is 10.8. The Hall–Kier alpha value is -3.83. The van der Waals surface area contributed by atoms with Crippen LogP contribution in [0.15, 0.2) is 36.7 Å². The van der Waals surface area contributed by atoms with Gasteiger partial charge >= 0.3 is 5.97 Å². The minimum atomic E-state index is -1.76. The Kier molecular flexibility index (Phi) is 8.06. The summed E-state index contributed by atoms with van der Waals surface area (Å²) < 4.78 is 41.4. The van der Waals surface area contributed by atoms with Crippen molar-refractivity contribution >= 4 is 22.7 Å². The first-order chi connectivity index (χ1) is 15.9. The molecule has 0 radical (unpaired) electrons. The van der Waals surface area contributed by atoms with Gasteiger partial charge in [-0.05, 0) is 18.2 Å². The van der Waals surface area contributed by atoms with Crippen LogP contribution in [0.1, 0.15) is 10.4 Å². The van der Waals surface area contributed by atoms with Gasteiger partial charge in [0, 0.05) is 26.4 Å². The molecule has 3 rings (SSSR count). The predicted octanol–water partition coefficient (Wildman–Crippen LogP) is 2.88. The van der Waals surface area contributed by atoms with Crippen molar-refractivity contribution in [2.75, 3.05) is 40.6 Å². The van der Waals surface area contributed by atoms with Gasteiger partial charge in [0.05, 0.1) is 29.7 Å². The quantitative estimate of drug-likeness (QED) is 0.245. The SMILES string of the molecule is COCCOc1cc2ncnc(Oc3ccc(C(=O)C(=O)O)c(F)c3)c2cc1OCCOC. The summed E-state index contributed by atoms with van der Waals surface area (Å²) in [5, 5.41) is 9.23. The molecule has 11 heteroatoms. The lowest BCUT2D eigenvalue weighted by atomic mass is 10.1. The minimum Gasteiger partial charge on any atom is -0.487 e. The highest BCUT2D eigenvalue weighted by Gasteiger charge is 2.20. The van der Waals surface area contributed by atoms with Crippen molar-refractivity contribution in [2.24, 2.45) is 0 Å². The first kappa shape index (κ1) is 23.8. The molecule has 1 heterocycles. The van der Waals surface area contributed by atoms with E-state index < -0.39 is 23.1 Å². The molecule has 0 aliphatic carbocycles. The lowest BCUT2D eigenvalue weighted by molar-refractivity contribution is -0.131. The second-order valence-electron chi connectivity index (χ2n) is 6.56. The molecule has 1 N–H and O–H groups in total. The number of aromatic nitrogens is 2. The van der Waals surface area contributed by atoms with E-state index in [2.05, 4.69) is 9.97 Å². The molecule has 174 valence electrons. The summed E-state index contributed by atoms with van der Waals surface area (Å²) in [6.45, 7) is 1.28. The minimum absolute atomic E-state index is 0.0108. The number of methoxy groups -OCH3 is 2. The summed E-state index contributed by atoms with van der Waals surface area (Å²) in [7, 11) is 3.11. The summed E-state index contributed by atoms with van der Waals surface area (Å²) in [6, 6.07) is 6.48. The van der Waals surface area contributed by atoms with Crippen molar-refractivity contribution in [2.45, 2.75) is 0 Å². The molecule has 0 amide bonds. The highest BCUT2D eigenvalue weighted by atomic mass is 19.1. The van der Waals surface area contributed by atoms with Crippen LogP contribution in [0.4, 0.5) is 4.39 Å². The van der Waals surface area contributed by atoms with Gasteiger partial charge in [0.2, 0.25) is 5.88 Å². The smallest absolute Gasteiger partial charge is 0.377 e. The average molecular weight is 460 g/mol. The van der Waals surface area contributed by atoms with Crippen LogP contribution in [-0.2, 0) is 14.3 Å². The van der Waals surface area contributed by atoms with Crippen molar-refractivity contribution in [1.29, 1.82) is 0 Å². The Balaban J connectivity index is 1.94. The number of carbonyl (C=O) groups is 2. The summed E-state index contributed by atoms with van der Waals surface area (Å²) in [5.74, 6) is -3.21. The maximum absolute atomic E-state index is 14.3. The number of hydrogen-bond acceptors (Lipinski definition) is 9. The zero-order valence-electron chi connectivity index (χ0n) is 17.9. The molecular formula is C22H21FN2O8. The number of carboxylic acids is 1. The fourth-order valence-electron chi connectivity index (χ4n) is 2.79. The lowest BCUT2D eigenvalue weighted by Crippen LogP contribution is -2.14. The van der Waals surface area contributed by atoms with Gasteiger partial charge in [0.25, 0.3) is 5.78 Å². The molecule has 33 heavy (non-hydrogen) atoms. The number of carbonyl (C=O) groups excluding carboxylic acids is 1. The molecule has 0 aliphatic rings. The third kappa shape index (κ3) is 5.90. The topological polar surface area (TPSA) is 126 Å². The van der Waals surface area contributed by atoms with Gasteiger partial charge in [-0.15, -0.1) is 0 Å². The molecule has 2 aromatic carbocycles. The van der Waals surface area contributed by atoms with E-state index in [1.54, 1.807) is 26.4 Å². The Morgan fingerprint density at radius 2 is 1.61 bits per heavy atom. The molecule has 0 unspecified atom stereocenters. The Labute approximate surface area is 187 Å². The monoisotopic (exact) mass is 460 g/mol. The molecule has 0 aliphatic heterocycles. The summed E-state index contributed by atoms with van der Waals surface area (Å²) >= 11 is 0. The Morgan fingerprint density at radius 3 is 2.21 bits per heavy atom. The number of nitrogens with zero attached hydrogens (tertiary/aromatic N) is 2. The maximum atomic E-state index is 14.3. The second-order valence-corrected chi connectivity index (χ2v) is 6.56. The number of rotatable bonds is 12. The third-order valence-corrected chi connectivity index (χ3v) is 4.35. The summed E-state index contributed by atoms with van der Waals surface area (Å²) in [5.41, 5.74) is -0.0984. The van der Waals surface area contributed by atoms with Crippen molar-refractivity contribution in [3.8, 4) is 23.1 Å². The van der Waals surface area contributed by atoms with Crippen molar-refractivity contribution in [1.82, 2.24) is 9.97 Å². The van der Waals surface area contributed by atoms with Gasteiger partial charge < -0.3 is 28.8 Å². The van der Waals surface area contributed by atoms with Gasteiger partial charge in [-0.3, -0.25) is 4.79 Å². The number of ether oxygens (including phenoxy) is 5. The van der Waals surface area contributed by atoms with E-state index in [1.165, 1.54) is 12.4 Å². The number of aliphatic carboxylic acids is 1. The first-order valence-corrected chi connectivity index (χ1v) is 9.71. The molecule has 0 bridgehead atoms. The van der Waals surface area contributed by atoms with Crippen molar-refractivity contribution in [3.63, 3.8) is 0 Å². The van der Waals surface area contributed by atoms with Crippen LogP contribution in [-0.4, -0.2) is 67.5 Å². The lowest BCUT2D eigenvalue weighted by Gasteiger charge is -2.15. The van der Waals surface area contributed by atoms with Crippen LogP contribution < -0.4 is 14.2 Å². The van der Waals surface area contributed by atoms with E-state index >= 15 is 0 Å². The van der Waals surface area contributed by atoms with Gasteiger partial charge in [0.1, 0.15) is 31.1 Å². The van der Waals surface area contributed by atoms with E-state index in [4.69, 9.17) is 28.8 Å². The molecule has 0 fully saturated rings. The van der Waals surface area contributed by atoms with Crippen LogP contribution in [0.2, 0.25) is 0 Å². The summed E-state index contributed by atoms with van der Waals surface area (Å²) in [4.78, 5) is 30.7.